The van der Waals surface area contributed by atoms with Gasteiger partial charge in [0.15, 0.2) is 0 Å². The van der Waals surface area contributed by atoms with Crippen molar-refractivity contribution in [3.8, 4) is 11.1 Å². The van der Waals surface area contributed by atoms with E-state index in [2.05, 4.69) is 62.0 Å². The third-order valence-corrected chi connectivity index (χ3v) is 8.17. The molecule has 0 aromatic heterocycles. The van der Waals surface area contributed by atoms with E-state index in [1.54, 1.807) is 11.1 Å². The van der Waals surface area contributed by atoms with Crippen molar-refractivity contribution in [2.75, 3.05) is 0 Å². The number of fused-ring (bicyclic) bond motifs is 1. The fourth-order valence-electron chi connectivity index (χ4n) is 6.11. The summed E-state index contributed by atoms with van der Waals surface area (Å²) in [5, 5.41) is 0. The fraction of sp³-hybridized carbons (Fsp3) is 0.548. The van der Waals surface area contributed by atoms with Crippen molar-refractivity contribution in [3.63, 3.8) is 0 Å². The van der Waals surface area contributed by atoms with E-state index in [0.717, 1.165) is 17.8 Å². The molecule has 4 rings (SSSR count). The summed E-state index contributed by atoms with van der Waals surface area (Å²) in [5.74, 6) is 2.85. The Kier molecular flexibility index (Phi) is 8.06. The summed E-state index contributed by atoms with van der Waals surface area (Å²) in [5.41, 5.74) is 7.50. The number of unbranched alkanes of at least 4 members (excludes halogenated alkanes) is 2. The van der Waals surface area contributed by atoms with E-state index in [9.17, 15) is 0 Å². The highest BCUT2D eigenvalue weighted by Gasteiger charge is 2.30. The zero-order chi connectivity index (χ0) is 21.5. The molecule has 2 aromatic carbocycles. The molecule has 1 unspecified atom stereocenters. The molecule has 0 heterocycles. The molecule has 1 fully saturated rings. The standard InChI is InChI=1S/C31H42/c1-3-5-7-9-25-12-16-27(17-13-25)29-19-21-30-22-28(18-20-31(30)23-29)26-14-10-24(11-15-26)8-6-4-2/h4,12-13,16-17,19,21,23-24,26,28H,2-3,5-11,14-15,18,20,22H2,1H3. The molecule has 2 aliphatic rings. The van der Waals surface area contributed by atoms with Gasteiger partial charge < -0.3 is 0 Å². The zero-order valence-electron chi connectivity index (χ0n) is 19.8. The number of hydrogen-bond donors (Lipinski definition) is 0. The smallest absolute Gasteiger partial charge is 0.0181 e. The lowest BCUT2D eigenvalue weighted by Crippen LogP contribution is -2.26. The molecule has 0 saturated heterocycles. The summed E-state index contributed by atoms with van der Waals surface area (Å²) < 4.78 is 0. The van der Waals surface area contributed by atoms with Gasteiger partial charge in [0, 0.05) is 0 Å². The molecule has 0 N–H and O–H groups in total. The molecule has 0 bridgehead atoms. The maximum Gasteiger partial charge on any atom is -0.0181 e. The highest BCUT2D eigenvalue weighted by atomic mass is 14.3. The lowest BCUT2D eigenvalue weighted by atomic mass is 9.69. The van der Waals surface area contributed by atoms with Gasteiger partial charge in [-0.1, -0.05) is 81.1 Å². The molecule has 2 aliphatic carbocycles. The van der Waals surface area contributed by atoms with Crippen LogP contribution in [0.25, 0.3) is 11.1 Å². The van der Waals surface area contributed by atoms with Gasteiger partial charge in [0.25, 0.3) is 0 Å². The molecule has 2 aromatic rings. The SMILES string of the molecule is C=CCCC1CCC(C2CCc3cc(-c4ccc(CCCCC)cc4)ccc3C2)CC1. The van der Waals surface area contributed by atoms with Crippen LogP contribution in [0.2, 0.25) is 0 Å². The summed E-state index contributed by atoms with van der Waals surface area (Å²) in [6.07, 6.45) is 19.7. The lowest BCUT2D eigenvalue weighted by Gasteiger charge is -2.36. The van der Waals surface area contributed by atoms with E-state index < -0.39 is 0 Å². The maximum atomic E-state index is 3.90. The summed E-state index contributed by atoms with van der Waals surface area (Å²) >= 11 is 0. The molecule has 1 atom stereocenters. The van der Waals surface area contributed by atoms with Crippen LogP contribution in [-0.2, 0) is 19.3 Å². The molecule has 31 heavy (non-hydrogen) atoms. The fourth-order valence-corrected chi connectivity index (χ4v) is 6.11. The minimum Gasteiger partial charge on any atom is -0.103 e. The van der Waals surface area contributed by atoms with E-state index in [-0.39, 0.29) is 0 Å². The summed E-state index contributed by atoms with van der Waals surface area (Å²) in [7, 11) is 0. The molecular weight excluding hydrogens is 372 g/mol. The van der Waals surface area contributed by atoms with Crippen LogP contribution in [0.15, 0.2) is 55.1 Å². The third-order valence-electron chi connectivity index (χ3n) is 8.17. The molecule has 0 nitrogen and oxygen atoms in total. The molecule has 0 amide bonds. The van der Waals surface area contributed by atoms with Crippen LogP contribution in [0.1, 0.15) is 87.8 Å². The lowest BCUT2D eigenvalue weighted by molar-refractivity contribution is 0.185. The first kappa shape index (κ1) is 22.4. The second-order valence-corrected chi connectivity index (χ2v) is 10.3. The second-order valence-electron chi connectivity index (χ2n) is 10.3. The minimum atomic E-state index is 0.918. The first-order valence-corrected chi connectivity index (χ1v) is 13.1. The molecule has 0 spiro atoms. The van der Waals surface area contributed by atoms with Crippen molar-refractivity contribution in [2.45, 2.75) is 90.4 Å². The van der Waals surface area contributed by atoms with E-state index in [1.165, 1.54) is 100 Å². The van der Waals surface area contributed by atoms with Crippen LogP contribution in [0.4, 0.5) is 0 Å². The average molecular weight is 415 g/mol. The van der Waals surface area contributed by atoms with Crippen molar-refractivity contribution >= 4 is 0 Å². The van der Waals surface area contributed by atoms with Gasteiger partial charge in [-0.15, -0.1) is 6.58 Å². The number of hydrogen-bond acceptors (Lipinski definition) is 0. The van der Waals surface area contributed by atoms with Crippen LogP contribution in [0, 0.1) is 17.8 Å². The molecule has 166 valence electrons. The van der Waals surface area contributed by atoms with Crippen LogP contribution in [-0.4, -0.2) is 0 Å². The van der Waals surface area contributed by atoms with Crippen LogP contribution in [0.3, 0.4) is 0 Å². The Bertz CT molecular complexity index is 820. The Labute approximate surface area is 191 Å². The molecule has 0 radical (unpaired) electrons. The second kappa shape index (κ2) is 11.2. The highest BCUT2D eigenvalue weighted by molar-refractivity contribution is 5.65. The Morgan fingerprint density at radius 3 is 2.35 bits per heavy atom. The van der Waals surface area contributed by atoms with Crippen LogP contribution >= 0.6 is 0 Å². The van der Waals surface area contributed by atoms with E-state index >= 15 is 0 Å². The van der Waals surface area contributed by atoms with Crippen molar-refractivity contribution in [2.24, 2.45) is 17.8 Å². The van der Waals surface area contributed by atoms with Gasteiger partial charge in [0.05, 0.1) is 0 Å². The van der Waals surface area contributed by atoms with Gasteiger partial charge in [-0.05, 0) is 103 Å². The average Bonchev–Trinajstić information content (AvgIpc) is 2.83. The number of aryl methyl sites for hydroxylation is 2. The van der Waals surface area contributed by atoms with Gasteiger partial charge in [0.2, 0.25) is 0 Å². The zero-order valence-corrected chi connectivity index (χ0v) is 19.8. The topological polar surface area (TPSA) is 0 Å². The Balaban J connectivity index is 1.34. The largest absolute Gasteiger partial charge is 0.103 e. The monoisotopic (exact) mass is 414 g/mol. The Morgan fingerprint density at radius 2 is 1.61 bits per heavy atom. The molecular formula is C31H42. The van der Waals surface area contributed by atoms with E-state index in [1.807, 2.05) is 0 Å². The quantitative estimate of drug-likeness (QED) is 0.284. The predicted molar refractivity (Wildman–Crippen MR) is 136 cm³/mol. The normalized spacial score (nSPS) is 23.3. The molecule has 0 heteroatoms. The Morgan fingerprint density at radius 1 is 0.839 bits per heavy atom. The maximum absolute atomic E-state index is 3.90. The van der Waals surface area contributed by atoms with Gasteiger partial charge in [0.1, 0.15) is 0 Å². The number of benzene rings is 2. The van der Waals surface area contributed by atoms with Crippen molar-refractivity contribution in [1.29, 1.82) is 0 Å². The first-order valence-electron chi connectivity index (χ1n) is 13.1. The van der Waals surface area contributed by atoms with Crippen LogP contribution in [0.5, 0.6) is 0 Å². The van der Waals surface area contributed by atoms with E-state index in [4.69, 9.17) is 0 Å². The number of allylic oxidation sites excluding steroid dienone is 1. The third kappa shape index (κ3) is 5.91. The van der Waals surface area contributed by atoms with Gasteiger partial charge in [-0.25, -0.2) is 0 Å². The predicted octanol–water partition coefficient (Wildman–Crippen LogP) is 8.96. The number of rotatable bonds is 9. The molecule has 1 saturated carbocycles. The van der Waals surface area contributed by atoms with Crippen LogP contribution < -0.4 is 0 Å². The summed E-state index contributed by atoms with van der Waals surface area (Å²) in [6.45, 7) is 6.17. The first-order chi connectivity index (χ1) is 15.3. The van der Waals surface area contributed by atoms with Crippen molar-refractivity contribution < 1.29 is 0 Å². The van der Waals surface area contributed by atoms with Gasteiger partial charge in [-0.3, -0.25) is 0 Å². The minimum absolute atomic E-state index is 0.918. The Hall–Kier alpha value is -1.82. The van der Waals surface area contributed by atoms with Gasteiger partial charge in [-0.2, -0.15) is 0 Å². The van der Waals surface area contributed by atoms with Crippen molar-refractivity contribution in [1.82, 2.24) is 0 Å². The summed E-state index contributed by atoms with van der Waals surface area (Å²) in [6, 6.07) is 16.7. The van der Waals surface area contributed by atoms with Crippen molar-refractivity contribution in [3.05, 3.63) is 71.8 Å². The molecule has 0 aliphatic heterocycles. The highest BCUT2D eigenvalue weighted by Crippen LogP contribution is 2.41. The summed E-state index contributed by atoms with van der Waals surface area (Å²) in [4.78, 5) is 0. The van der Waals surface area contributed by atoms with E-state index in [0.29, 0.717) is 0 Å². The van der Waals surface area contributed by atoms with Gasteiger partial charge >= 0.3 is 0 Å².